The fraction of sp³-hybridized carbons (Fsp3) is 0.625. The standard InChI is InChI=1S/C24H34O4/c1-3-7-18(10-15-23(26)27)24-19(21-13-14-22(24)28-21)11-12-20(25)16(2)17-8-5-4-6-9-17/h3-9,16,18-22,24-25H,10-15H2,1-2H3,(H,26,27). The van der Waals surface area contributed by atoms with E-state index in [1.54, 1.807) is 0 Å². The molecule has 4 nitrogen and oxygen atoms in total. The van der Waals surface area contributed by atoms with Gasteiger partial charge in [-0.3, -0.25) is 4.79 Å². The number of ether oxygens (including phenoxy) is 1. The summed E-state index contributed by atoms with van der Waals surface area (Å²) in [5.74, 6) is 0.393. The number of carbonyl (C=O) groups is 1. The molecule has 2 saturated heterocycles. The van der Waals surface area contributed by atoms with Crippen LogP contribution in [0.4, 0.5) is 0 Å². The highest BCUT2D eigenvalue weighted by Crippen LogP contribution is 2.50. The van der Waals surface area contributed by atoms with Crippen molar-refractivity contribution in [3.63, 3.8) is 0 Å². The van der Waals surface area contributed by atoms with Crippen molar-refractivity contribution in [1.29, 1.82) is 0 Å². The summed E-state index contributed by atoms with van der Waals surface area (Å²) in [5.41, 5.74) is 1.17. The lowest BCUT2D eigenvalue weighted by Crippen LogP contribution is -2.33. The van der Waals surface area contributed by atoms with Crippen LogP contribution < -0.4 is 0 Å². The second-order valence-corrected chi connectivity index (χ2v) is 8.50. The van der Waals surface area contributed by atoms with Crippen molar-refractivity contribution in [2.45, 2.75) is 76.6 Å². The van der Waals surface area contributed by atoms with Gasteiger partial charge in [0.1, 0.15) is 0 Å². The van der Waals surface area contributed by atoms with Crippen LogP contribution in [0.3, 0.4) is 0 Å². The molecule has 2 aliphatic rings. The highest BCUT2D eigenvalue weighted by molar-refractivity contribution is 5.66. The quantitative estimate of drug-likeness (QED) is 0.568. The molecule has 2 N–H and O–H groups in total. The molecule has 0 spiro atoms. The minimum Gasteiger partial charge on any atom is -0.481 e. The van der Waals surface area contributed by atoms with E-state index in [2.05, 4.69) is 25.1 Å². The number of rotatable bonds is 10. The number of fused-ring (bicyclic) bond motifs is 2. The summed E-state index contributed by atoms with van der Waals surface area (Å²) in [6.07, 6.45) is 9.08. The van der Waals surface area contributed by atoms with Crippen LogP contribution >= 0.6 is 0 Å². The van der Waals surface area contributed by atoms with E-state index < -0.39 is 5.97 Å². The molecule has 2 bridgehead atoms. The smallest absolute Gasteiger partial charge is 0.303 e. The average molecular weight is 387 g/mol. The van der Waals surface area contributed by atoms with Crippen LogP contribution in [0.5, 0.6) is 0 Å². The summed E-state index contributed by atoms with van der Waals surface area (Å²) in [6.45, 7) is 4.09. The molecular formula is C24H34O4. The predicted octanol–water partition coefficient (Wildman–Crippen LogP) is 4.78. The molecule has 2 heterocycles. The van der Waals surface area contributed by atoms with Crippen LogP contribution in [-0.2, 0) is 9.53 Å². The van der Waals surface area contributed by atoms with E-state index >= 15 is 0 Å². The molecule has 154 valence electrons. The summed E-state index contributed by atoms with van der Waals surface area (Å²) >= 11 is 0. The lowest BCUT2D eigenvalue weighted by molar-refractivity contribution is -0.137. The number of aliphatic carboxylic acids is 1. The first kappa shape index (κ1) is 21.1. The van der Waals surface area contributed by atoms with E-state index in [1.807, 2.05) is 31.2 Å². The molecule has 3 rings (SSSR count). The fourth-order valence-corrected chi connectivity index (χ4v) is 5.33. The lowest BCUT2D eigenvalue weighted by Gasteiger charge is -2.34. The van der Waals surface area contributed by atoms with Gasteiger partial charge in [-0.15, -0.1) is 0 Å². The third-order valence-corrected chi connectivity index (χ3v) is 6.81. The SMILES string of the molecule is CC=CC(CCC(=O)O)C1C2CCC(O2)C1CCC(O)C(C)c1ccccc1. The normalized spacial score (nSPS) is 29.8. The first-order valence-electron chi connectivity index (χ1n) is 10.7. The number of carboxylic acid groups (broad SMARTS) is 1. The third kappa shape index (κ3) is 4.84. The number of carboxylic acids is 1. The van der Waals surface area contributed by atoms with Crippen molar-refractivity contribution in [2.75, 3.05) is 0 Å². The number of hydrogen-bond donors (Lipinski definition) is 2. The van der Waals surface area contributed by atoms with Crippen LogP contribution in [0.2, 0.25) is 0 Å². The Labute approximate surface area is 168 Å². The number of aliphatic hydroxyl groups excluding tert-OH is 1. The highest BCUT2D eigenvalue weighted by Gasteiger charge is 2.50. The minimum atomic E-state index is -0.734. The van der Waals surface area contributed by atoms with E-state index in [9.17, 15) is 9.90 Å². The molecule has 1 aromatic rings. The van der Waals surface area contributed by atoms with Crippen molar-refractivity contribution in [3.8, 4) is 0 Å². The molecule has 4 heteroatoms. The Bertz CT molecular complexity index is 656. The Morgan fingerprint density at radius 2 is 1.93 bits per heavy atom. The molecule has 7 unspecified atom stereocenters. The second-order valence-electron chi connectivity index (χ2n) is 8.50. The molecule has 0 saturated carbocycles. The first-order valence-corrected chi connectivity index (χ1v) is 10.7. The van der Waals surface area contributed by atoms with E-state index in [4.69, 9.17) is 9.84 Å². The third-order valence-electron chi connectivity index (χ3n) is 6.81. The number of benzene rings is 1. The maximum Gasteiger partial charge on any atom is 0.303 e. The monoisotopic (exact) mass is 386 g/mol. The average Bonchev–Trinajstić information content (AvgIpc) is 3.31. The summed E-state index contributed by atoms with van der Waals surface area (Å²) in [7, 11) is 0. The Kier molecular flexibility index (Phi) is 7.30. The molecule has 0 radical (unpaired) electrons. The van der Waals surface area contributed by atoms with E-state index in [-0.39, 0.29) is 36.6 Å². The molecular weight excluding hydrogens is 352 g/mol. The zero-order chi connectivity index (χ0) is 20.1. The van der Waals surface area contributed by atoms with Crippen molar-refractivity contribution >= 4 is 5.97 Å². The molecule has 1 aromatic carbocycles. The van der Waals surface area contributed by atoms with Crippen molar-refractivity contribution in [3.05, 3.63) is 48.0 Å². The molecule has 0 aliphatic carbocycles. The van der Waals surface area contributed by atoms with Gasteiger partial charge in [0.15, 0.2) is 0 Å². The van der Waals surface area contributed by atoms with Gasteiger partial charge in [-0.05, 0) is 62.3 Å². The molecule has 7 atom stereocenters. The maximum absolute atomic E-state index is 11.1. The van der Waals surface area contributed by atoms with E-state index in [0.29, 0.717) is 18.3 Å². The Morgan fingerprint density at radius 1 is 1.21 bits per heavy atom. The molecule has 0 aromatic heterocycles. The summed E-state index contributed by atoms with van der Waals surface area (Å²) in [4.78, 5) is 11.1. The van der Waals surface area contributed by atoms with Gasteiger partial charge >= 0.3 is 5.97 Å². The van der Waals surface area contributed by atoms with Crippen LogP contribution in [-0.4, -0.2) is 34.5 Å². The highest BCUT2D eigenvalue weighted by atomic mass is 16.5. The van der Waals surface area contributed by atoms with Gasteiger partial charge < -0.3 is 14.9 Å². The van der Waals surface area contributed by atoms with Crippen LogP contribution in [0, 0.1) is 17.8 Å². The van der Waals surface area contributed by atoms with Crippen LogP contribution in [0.25, 0.3) is 0 Å². The number of aliphatic hydroxyl groups is 1. The zero-order valence-electron chi connectivity index (χ0n) is 17.0. The van der Waals surface area contributed by atoms with Gasteiger partial charge in [-0.25, -0.2) is 0 Å². The summed E-state index contributed by atoms with van der Waals surface area (Å²) in [6, 6.07) is 10.2. The van der Waals surface area contributed by atoms with Crippen molar-refractivity contribution in [1.82, 2.24) is 0 Å². The van der Waals surface area contributed by atoms with Gasteiger partial charge in [-0.1, -0.05) is 49.4 Å². The largest absolute Gasteiger partial charge is 0.481 e. The summed E-state index contributed by atoms with van der Waals surface area (Å²) in [5, 5.41) is 19.9. The molecule has 2 fully saturated rings. The van der Waals surface area contributed by atoms with E-state index in [1.165, 1.54) is 5.56 Å². The molecule has 28 heavy (non-hydrogen) atoms. The Balaban J connectivity index is 1.64. The van der Waals surface area contributed by atoms with Gasteiger partial charge in [0.25, 0.3) is 0 Å². The van der Waals surface area contributed by atoms with Crippen molar-refractivity contribution in [2.24, 2.45) is 17.8 Å². The van der Waals surface area contributed by atoms with E-state index in [0.717, 1.165) is 25.7 Å². The van der Waals surface area contributed by atoms with Crippen molar-refractivity contribution < 1.29 is 19.7 Å². The van der Waals surface area contributed by atoms with Gasteiger partial charge in [0.2, 0.25) is 0 Å². The summed E-state index contributed by atoms with van der Waals surface area (Å²) < 4.78 is 6.25. The first-order chi connectivity index (χ1) is 13.5. The van der Waals surface area contributed by atoms with Crippen LogP contribution in [0.1, 0.15) is 63.9 Å². The predicted molar refractivity (Wildman–Crippen MR) is 110 cm³/mol. The second kappa shape index (κ2) is 9.71. The lowest BCUT2D eigenvalue weighted by atomic mass is 9.69. The Hall–Kier alpha value is -1.65. The minimum absolute atomic E-state index is 0.109. The van der Waals surface area contributed by atoms with Gasteiger partial charge in [-0.2, -0.15) is 0 Å². The zero-order valence-corrected chi connectivity index (χ0v) is 17.0. The number of allylic oxidation sites excluding steroid dienone is 2. The molecule has 0 amide bonds. The fourth-order valence-electron chi connectivity index (χ4n) is 5.33. The maximum atomic E-state index is 11.1. The van der Waals surface area contributed by atoms with Crippen LogP contribution in [0.15, 0.2) is 42.5 Å². The molecule has 2 aliphatic heterocycles. The van der Waals surface area contributed by atoms with Gasteiger partial charge in [0, 0.05) is 12.3 Å². The Morgan fingerprint density at radius 3 is 2.61 bits per heavy atom. The van der Waals surface area contributed by atoms with Gasteiger partial charge in [0.05, 0.1) is 18.3 Å². The number of hydrogen-bond acceptors (Lipinski definition) is 3. The topological polar surface area (TPSA) is 66.8 Å².